The first kappa shape index (κ1) is 24.2. The molecule has 0 aliphatic carbocycles. The van der Waals surface area contributed by atoms with Crippen molar-refractivity contribution in [2.45, 2.75) is 24.3 Å². The molecule has 3 N–H and O–H groups in total. The maximum atomic E-state index is 13.0. The Morgan fingerprint density at radius 1 is 1.17 bits per heavy atom. The summed E-state index contributed by atoms with van der Waals surface area (Å²) in [5.41, 5.74) is 1.70. The number of carbonyl (C=O) groups is 2. The summed E-state index contributed by atoms with van der Waals surface area (Å²) in [4.78, 5) is 28.8. The van der Waals surface area contributed by atoms with Crippen LogP contribution in [0.25, 0.3) is 0 Å². The number of nitrogens with one attached hydrogen (secondary N) is 3. The Morgan fingerprint density at radius 2 is 2.00 bits per heavy atom. The van der Waals surface area contributed by atoms with Gasteiger partial charge in [0.2, 0.25) is 10.0 Å². The van der Waals surface area contributed by atoms with Gasteiger partial charge in [-0.2, -0.15) is 0 Å². The fraction of sp³-hybridized carbons (Fsp3) is 0.208. The second kappa shape index (κ2) is 10.1. The van der Waals surface area contributed by atoms with Crippen LogP contribution in [0.2, 0.25) is 0 Å². The van der Waals surface area contributed by atoms with Crippen molar-refractivity contribution >= 4 is 33.2 Å². The van der Waals surface area contributed by atoms with Gasteiger partial charge in [0.05, 0.1) is 12.8 Å². The molecule has 2 aromatic carbocycles. The number of nitrogens with zero attached hydrogens (tertiary/aromatic N) is 1. The fourth-order valence-electron chi connectivity index (χ4n) is 3.45. The molecular weight excluding hydrogens is 472 g/mol. The third kappa shape index (κ3) is 5.58. The average molecular weight is 497 g/mol. The first-order valence-corrected chi connectivity index (χ1v) is 12.3. The van der Waals surface area contributed by atoms with Crippen LogP contribution in [0.5, 0.6) is 11.5 Å². The number of rotatable bonds is 8. The Hall–Kier alpha value is -3.96. The lowest BCUT2D eigenvalue weighted by Gasteiger charge is -2.23. The van der Waals surface area contributed by atoms with E-state index >= 15 is 0 Å². The van der Waals surface area contributed by atoms with E-state index in [-0.39, 0.29) is 28.7 Å². The lowest BCUT2D eigenvalue weighted by molar-refractivity contribution is -0.122. The summed E-state index contributed by atoms with van der Waals surface area (Å²) >= 11 is 0. The van der Waals surface area contributed by atoms with Gasteiger partial charge in [0.1, 0.15) is 16.4 Å². The van der Waals surface area contributed by atoms with Gasteiger partial charge in [-0.25, -0.2) is 13.1 Å². The van der Waals surface area contributed by atoms with E-state index in [4.69, 9.17) is 9.47 Å². The SMILES string of the molecule is COc1ccc(C(=O)Nc2ccc3c(c2)NC(=O)[C@H](C)O3)cc1S(=O)(=O)NCCc1ccccn1. The number of ether oxygens (including phenoxy) is 2. The predicted octanol–water partition coefficient (Wildman–Crippen LogP) is 2.58. The highest BCUT2D eigenvalue weighted by molar-refractivity contribution is 7.89. The van der Waals surface area contributed by atoms with E-state index in [0.29, 0.717) is 23.5 Å². The van der Waals surface area contributed by atoms with E-state index in [2.05, 4.69) is 20.3 Å². The maximum absolute atomic E-state index is 13.0. The van der Waals surface area contributed by atoms with Crippen LogP contribution in [0, 0.1) is 0 Å². The summed E-state index contributed by atoms with van der Waals surface area (Å²) in [7, 11) is -2.62. The predicted molar refractivity (Wildman–Crippen MR) is 129 cm³/mol. The monoisotopic (exact) mass is 496 g/mol. The average Bonchev–Trinajstić information content (AvgIpc) is 2.85. The zero-order valence-electron chi connectivity index (χ0n) is 19.1. The molecule has 1 atom stereocenters. The minimum Gasteiger partial charge on any atom is -0.495 e. The number of aromatic nitrogens is 1. The van der Waals surface area contributed by atoms with Gasteiger partial charge in [-0.1, -0.05) is 6.07 Å². The van der Waals surface area contributed by atoms with Crippen molar-refractivity contribution in [3.8, 4) is 11.5 Å². The molecule has 2 amide bonds. The molecule has 11 heteroatoms. The Kier molecular flexibility index (Phi) is 6.99. The first-order chi connectivity index (χ1) is 16.8. The largest absolute Gasteiger partial charge is 0.495 e. The normalized spacial score (nSPS) is 14.9. The van der Waals surface area contributed by atoms with Crippen molar-refractivity contribution in [3.63, 3.8) is 0 Å². The summed E-state index contributed by atoms with van der Waals surface area (Å²) < 4.78 is 39.2. The smallest absolute Gasteiger partial charge is 0.265 e. The fourth-order valence-corrected chi connectivity index (χ4v) is 4.68. The van der Waals surface area contributed by atoms with Crippen LogP contribution in [0.3, 0.4) is 0 Å². The molecule has 35 heavy (non-hydrogen) atoms. The molecule has 0 radical (unpaired) electrons. The van der Waals surface area contributed by atoms with Gasteiger partial charge in [0.25, 0.3) is 11.8 Å². The summed E-state index contributed by atoms with van der Waals surface area (Å²) in [6.45, 7) is 1.76. The summed E-state index contributed by atoms with van der Waals surface area (Å²) in [5, 5.41) is 5.42. The van der Waals surface area contributed by atoms with Crippen molar-refractivity contribution in [2.24, 2.45) is 0 Å². The van der Waals surface area contributed by atoms with Gasteiger partial charge < -0.3 is 20.1 Å². The van der Waals surface area contributed by atoms with Gasteiger partial charge in [-0.3, -0.25) is 14.6 Å². The molecule has 1 aliphatic rings. The third-order valence-corrected chi connectivity index (χ3v) is 6.77. The summed E-state index contributed by atoms with van der Waals surface area (Å²) in [6.07, 6.45) is 1.43. The molecule has 4 rings (SSSR count). The minimum absolute atomic E-state index is 0.106. The lowest BCUT2D eigenvalue weighted by Crippen LogP contribution is -2.34. The number of hydrogen-bond donors (Lipinski definition) is 3. The Morgan fingerprint density at radius 3 is 2.74 bits per heavy atom. The molecule has 1 aliphatic heterocycles. The van der Waals surface area contributed by atoms with Gasteiger partial charge in [-0.05, 0) is 55.5 Å². The molecule has 10 nitrogen and oxygen atoms in total. The van der Waals surface area contributed by atoms with E-state index in [0.717, 1.165) is 5.69 Å². The van der Waals surface area contributed by atoms with Gasteiger partial charge in [0.15, 0.2) is 6.10 Å². The van der Waals surface area contributed by atoms with Crippen molar-refractivity contribution in [1.82, 2.24) is 9.71 Å². The third-order valence-electron chi connectivity index (χ3n) is 5.28. The highest BCUT2D eigenvalue weighted by atomic mass is 32.2. The van der Waals surface area contributed by atoms with Crippen LogP contribution >= 0.6 is 0 Å². The number of fused-ring (bicyclic) bond motifs is 1. The quantitative estimate of drug-likeness (QED) is 0.436. The number of sulfonamides is 1. The van der Waals surface area contributed by atoms with Gasteiger partial charge >= 0.3 is 0 Å². The molecule has 1 aromatic heterocycles. The summed E-state index contributed by atoms with van der Waals surface area (Å²) in [5.74, 6) is -0.227. The molecular formula is C24H24N4O6S. The minimum atomic E-state index is -3.97. The van der Waals surface area contributed by atoms with Crippen LogP contribution in [0.15, 0.2) is 65.7 Å². The van der Waals surface area contributed by atoms with Crippen LogP contribution in [0.1, 0.15) is 23.0 Å². The lowest BCUT2D eigenvalue weighted by atomic mass is 10.1. The van der Waals surface area contributed by atoms with Crippen molar-refractivity contribution in [1.29, 1.82) is 0 Å². The second-order valence-corrected chi connectivity index (χ2v) is 9.48. The van der Waals surface area contributed by atoms with Gasteiger partial charge in [0, 0.05) is 36.1 Å². The Labute approximate surface area is 202 Å². The van der Waals surface area contributed by atoms with Crippen molar-refractivity contribution < 1.29 is 27.5 Å². The van der Waals surface area contributed by atoms with Crippen LogP contribution in [0.4, 0.5) is 11.4 Å². The Balaban J connectivity index is 1.50. The van der Waals surface area contributed by atoms with E-state index in [1.54, 1.807) is 43.5 Å². The highest BCUT2D eigenvalue weighted by Crippen LogP contribution is 2.32. The molecule has 0 unspecified atom stereocenters. The highest BCUT2D eigenvalue weighted by Gasteiger charge is 2.24. The Bertz CT molecular complexity index is 1360. The van der Waals surface area contributed by atoms with E-state index in [9.17, 15) is 18.0 Å². The van der Waals surface area contributed by atoms with Crippen LogP contribution in [-0.2, 0) is 21.2 Å². The molecule has 0 fully saturated rings. The molecule has 182 valence electrons. The maximum Gasteiger partial charge on any atom is 0.265 e. The second-order valence-electron chi connectivity index (χ2n) is 7.75. The topological polar surface area (TPSA) is 136 Å². The number of carbonyl (C=O) groups excluding carboxylic acids is 2. The molecule has 2 heterocycles. The number of hydrogen-bond acceptors (Lipinski definition) is 7. The molecule has 0 saturated carbocycles. The standard InChI is InChI=1S/C24H24N4O6S/c1-15-23(29)28-19-14-18(7-9-20(19)34-15)27-24(30)16-6-8-21(33-2)22(13-16)35(31,32)26-12-10-17-5-3-4-11-25-17/h3-9,11,13-15,26H,10,12H2,1-2H3,(H,27,30)(H,28,29)/t15-/m0/s1. The zero-order valence-corrected chi connectivity index (χ0v) is 19.9. The van der Waals surface area contributed by atoms with E-state index in [1.807, 2.05) is 6.07 Å². The molecule has 3 aromatic rings. The molecule has 0 spiro atoms. The summed E-state index contributed by atoms with van der Waals surface area (Å²) in [6, 6.07) is 14.4. The van der Waals surface area contributed by atoms with E-state index < -0.39 is 22.0 Å². The molecule has 0 bridgehead atoms. The number of pyridine rings is 1. The van der Waals surface area contributed by atoms with Crippen LogP contribution in [-0.4, -0.2) is 45.0 Å². The first-order valence-electron chi connectivity index (χ1n) is 10.8. The zero-order chi connectivity index (χ0) is 25.0. The number of benzene rings is 2. The van der Waals surface area contributed by atoms with Crippen molar-refractivity contribution in [2.75, 3.05) is 24.3 Å². The van der Waals surface area contributed by atoms with Crippen molar-refractivity contribution in [3.05, 3.63) is 72.1 Å². The van der Waals surface area contributed by atoms with Crippen LogP contribution < -0.4 is 24.8 Å². The van der Waals surface area contributed by atoms with Gasteiger partial charge in [-0.15, -0.1) is 0 Å². The number of anilines is 2. The number of methoxy groups -OCH3 is 1. The van der Waals surface area contributed by atoms with E-state index in [1.165, 1.54) is 25.3 Å². The molecule has 0 saturated heterocycles. The number of amides is 2.